The minimum Gasteiger partial charge on any atom is -0.379 e. The van der Waals surface area contributed by atoms with E-state index in [1.54, 1.807) is 0 Å². The summed E-state index contributed by atoms with van der Waals surface area (Å²) in [4.78, 5) is 11.6. The summed E-state index contributed by atoms with van der Waals surface area (Å²) in [6.45, 7) is 11.4. The molecule has 0 aliphatic heterocycles. The third-order valence-corrected chi connectivity index (χ3v) is 2.41. The van der Waals surface area contributed by atoms with Crippen molar-refractivity contribution in [2.45, 2.75) is 46.1 Å². The van der Waals surface area contributed by atoms with Crippen LogP contribution in [-0.4, -0.2) is 51.1 Å². The number of hydrogen-bond donors (Lipinski definition) is 1. The van der Waals surface area contributed by atoms with Crippen molar-refractivity contribution in [1.82, 2.24) is 5.32 Å². The first-order valence-electron chi connectivity index (χ1n) is 7.08. The molecule has 19 heavy (non-hydrogen) atoms. The summed E-state index contributed by atoms with van der Waals surface area (Å²) in [6, 6.07) is 0. The lowest BCUT2D eigenvalue weighted by molar-refractivity contribution is -0.127. The van der Waals surface area contributed by atoms with Gasteiger partial charge >= 0.3 is 0 Å². The molecule has 0 bridgehead atoms. The molecule has 1 amide bonds. The van der Waals surface area contributed by atoms with Gasteiger partial charge in [-0.05, 0) is 27.2 Å². The smallest absolute Gasteiger partial charge is 0.222 e. The van der Waals surface area contributed by atoms with Gasteiger partial charge in [-0.2, -0.15) is 0 Å². The Morgan fingerprint density at radius 1 is 1.05 bits per heavy atom. The Morgan fingerprint density at radius 3 is 2.26 bits per heavy atom. The number of rotatable bonds is 12. The highest BCUT2D eigenvalue weighted by atomic mass is 16.5. The molecule has 5 nitrogen and oxygen atoms in total. The predicted molar refractivity (Wildman–Crippen MR) is 75.3 cm³/mol. The molecular formula is C14H29NO4. The molecule has 0 radical (unpaired) electrons. The van der Waals surface area contributed by atoms with Crippen molar-refractivity contribution >= 4 is 5.91 Å². The van der Waals surface area contributed by atoms with Gasteiger partial charge in [0, 0.05) is 19.8 Å². The highest BCUT2D eigenvalue weighted by Gasteiger charge is 2.21. The Morgan fingerprint density at radius 2 is 1.68 bits per heavy atom. The highest BCUT2D eigenvalue weighted by Crippen LogP contribution is 2.13. The molecule has 0 unspecified atom stereocenters. The van der Waals surface area contributed by atoms with Crippen LogP contribution >= 0.6 is 0 Å². The Kier molecular flexibility index (Phi) is 10.8. The summed E-state index contributed by atoms with van der Waals surface area (Å²) in [7, 11) is 0. The third kappa shape index (κ3) is 12.1. The number of hydrogen-bond acceptors (Lipinski definition) is 4. The lowest BCUT2D eigenvalue weighted by atomic mass is 10.0. The minimum absolute atomic E-state index is 0.00992. The first-order chi connectivity index (χ1) is 9.02. The van der Waals surface area contributed by atoms with E-state index in [-0.39, 0.29) is 5.91 Å². The van der Waals surface area contributed by atoms with Crippen LogP contribution in [0.3, 0.4) is 0 Å². The molecule has 0 heterocycles. The summed E-state index contributed by atoms with van der Waals surface area (Å²) in [5.41, 5.74) is -0.409. The molecule has 0 fully saturated rings. The molecule has 0 rings (SSSR count). The molecule has 0 aromatic heterocycles. The Bertz CT molecular complexity index is 231. The fourth-order valence-corrected chi connectivity index (χ4v) is 1.62. The van der Waals surface area contributed by atoms with E-state index in [4.69, 9.17) is 14.2 Å². The number of ether oxygens (including phenoxy) is 3. The Labute approximate surface area is 117 Å². The molecule has 114 valence electrons. The zero-order valence-electron chi connectivity index (χ0n) is 12.8. The van der Waals surface area contributed by atoms with E-state index in [1.807, 2.05) is 20.8 Å². The third-order valence-electron chi connectivity index (χ3n) is 2.41. The summed E-state index contributed by atoms with van der Waals surface area (Å²) in [5.74, 6) is -0.00992. The quantitative estimate of drug-likeness (QED) is 0.551. The average Bonchev–Trinajstić information content (AvgIpc) is 2.31. The van der Waals surface area contributed by atoms with Crippen molar-refractivity contribution in [2.24, 2.45) is 0 Å². The fraction of sp³-hybridized carbons (Fsp3) is 0.929. The van der Waals surface area contributed by atoms with Gasteiger partial charge in [-0.15, -0.1) is 0 Å². The monoisotopic (exact) mass is 275 g/mol. The number of nitrogens with one attached hydrogen (secondary N) is 1. The van der Waals surface area contributed by atoms with Crippen molar-refractivity contribution in [3.8, 4) is 0 Å². The topological polar surface area (TPSA) is 56.8 Å². The van der Waals surface area contributed by atoms with Crippen molar-refractivity contribution in [3.05, 3.63) is 0 Å². The lowest BCUT2D eigenvalue weighted by Gasteiger charge is -2.23. The molecule has 0 aliphatic rings. The fourth-order valence-electron chi connectivity index (χ4n) is 1.62. The van der Waals surface area contributed by atoms with E-state index in [1.165, 1.54) is 0 Å². The summed E-state index contributed by atoms with van der Waals surface area (Å²) >= 11 is 0. The van der Waals surface area contributed by atoms with Gasteiger partial charge in [-0.3, -0.25) is 4.79 Å². The van der Waals surface area contributed by atoms with Crippen molar-refractivity contribution in [1.29, 1.82) is 0 Å². The number of amides is 1. The van der Waals surface area contributed by atoms with Crippen LogP contribution in [0.4, 0.5) is 0 Å². The van der Waals surface area contributed by atoms with Gasteiger partial charge in [-0.1, -0.05) is 6.92 Å². The number of carbonyl (C=O) groups excluding carboxylic acids is 1. The van der Waals surface area contributed by atoms with E-state index < -0.39 is 5.60 Å². The highest BCUT2D eigenvalue weighted by molar-refractivity contribution is 5.76. The summed E-state index contributed by atoms with van der Waals surface area (Å²) in [6.07, 6.45) is 1.38. The van der Waals surface area contributed by atoms with Gasteiger partial charge in [-0.25, -0.2) is 0 Å². The van der Waals surface area contributed by atoms with Crippen LogP contribution < -0.4 is 5.32 Å². The van der Waals surface area contributed by atoms with Gasteiger partial charge in [0.2, 0.25) is 5.91 Å². The maximum Gasteiger partial charge on any atom is 0.222 e. The zero-order valence-corrected chi connectivity index (χ0v) is 12.8. The first-order valence-corrected chi connectivity index (χ1v) is 7.08. The molecule has 0 saturated carbocycles. The van der Waals surface area contributed by atoms with E-state index in [9.17, 15) is 4.79 Å². The van der Waals surface area contributed by atoms with Crippen LogP contribution in [0.2, 0.25) is 0 Å². The molecule has 0 aromatic carbocycles. The van der Waals surface area contributed by atoms with Crippen LogP contribution in [0, 0.1) is 0 Å². The van der Waals surface area contributed by atoms with E-state index >= 15 is 0 Å². The molecule has 0 spiro atoms. The second-order valence-corrected chi connectivity index (χ2v) is 4.94. The number of carbonyl (C=O) groups is 1. The molecule has 0 aromatic rings. The molecule has 1 N–H and O–H groups in total. The average molecular weight is 275 g/mol. The second-order valence-electron chi connectivity index (χ2n) is 4.94. The minimum atomic E-state index is -0.409. The van der Waals surface area contributed by atoms with Crippen LogP contribution in [0.15, 0.2) is 0 Å². The summed E-state index contributed by atoms with van der Waals surface area (Å²) in [5, 5.41) is 2.81. The van der Waals surface area contributed by atoms with Crippen LogP contribution in [0.1, 0.15) is 40.5 Å². The maximum atomic E-state index is 11.6. The second kappa shape index (κ2) is 11.2. The predicted octanol–water partition coefficient (Wildman–Crippen LogP) is 1.75. The standard InChI is InChI=1S/C14H29NO4/c1-5-8-17-10-11-18-9-7-15-13(16)12-14(3,4)19-6-2/h5-12H2,1-4H3,(H,15,16). The van der Waals surface area contributed by atoms with Crippen molar-refractivity contribution in [2.75, 3.05) is 39.6 Å². The molecule has 0 aliphatic carbocycles. The normalized spacial score (nSPS) is 11.6. The van der Waals surface area contributed by atoms with Gasteiger partial charge in [0.05, 0.1) is 31.8 Å². The summed E-state index contributed by atoms with van der Waals surface area (Å²) < 4.78 is 16.1. The molecule has 0 atom stereocenters. The van der Waals surface area contributed by atoms with Gasteiger partial charge < -0.3 is 19.5 Å². The van der Waals surface area contributed by atoms with Gasteiger partial charge in [0.15, 0.2) is 0 Å². The van der Waals surface area contributed by atoms with Crippen LogP contribution in [0.5, 0.6) is 0 Å². The zero-order chi connectivity index (χ0) is 14.6. The molecule has 5 heteroatoms. The maximum absolute atomic E-state index is 11.6. The Hall–Kier alpha value is -0.650. The molecular weight excluding hydrogens is 246 g/mol. The Balaban J connectivity index is 3.43. The van der Waals surface area contributed by atoms with Crippen molar-refractivity contribution < 1.29 is 19.0 Å². The lowest BCUT2D eigenvalue weighted by Crippen LogP contribution is -2.36. The van der Waals surface area contributed by atoms with Crippen molar-refractivity contribution in [3.63, 3.8) is 0 Å². The molecule has 0 saturated heterocycles. The van der Waals surface area contributed by atoms with E-state index in [0.29, 0.717) is 39.4 Å². The van der Waals surface area contributed by atoms with Crippen LogP contribution in [0.25, 0.3) is 0 Å². The largest absolute Gasteiger partial charge is 0.379 e. The SMILES string of the molecule is CCCOCCOCCNC(=O)CC(C)(C)OCC. The van der Waals surface area contributed by atoms with E-state index in [2.05, 4.69) is 12.2 Å². The van der Waals surface area contributed by atoms with E-state index in [0.717, 1.165) is 13.0 Å². The van der Waals surface area contributed by atoms with Gasteiger partial charge in [0.1, 0.15) is 0 Å². The van der Waals surface area contributed by atoms with Gasteiger partial charge in [0.25, 0.3) is 0 Å². The first kappa shape index (κ1) is 18.4. The van der Waals surface area contributed by atoms with Crippen LogP contribution in [-0.2, 0) is 19.0 Å².